The quantitative estimate of drug-likeness (QED) is 0.177. The maximum absolute atomic E-state index is 2.52. The van der Waals surface area contributed by atoms with Crippen molar-refractivity contribution in [3.05, 3.63) is 204 Å². The summed E-state index contributed by atoms with van der Waals surface area (Å²) in [7, 11) is 0. The zero-order valence-electron chi connectivity index (χ0n) is 29.5. The van der Waals surface area contributed by atoms with Gasteiger partial charge in [0.2, 0.25) is 0 Å². The van der Waals surface area contributed by atoms with Crippen LogP contribution in [0.3, 0.4) is 0 Å². The van der Waals surface area contributed by atoms with E-state index in [0.29, 0.717) is 0 Å². The van der Waals surface area contributed by atoms with Crippen LogP contribution in [0.1, 0.15) is 22.3 Å². The lowest BCUT2D eigenvalue weighted by molar-refractivity contribution is 0.563. The van der Waals surface area contributed by atoms with Gasteiger partial charge in [-0.2, -0.15) is 0 Å². The van der Waals surface area contributed by atoms with Gasteiger partial charge in [-0.05, 0) is 113 Å². The summed E-state index contributed by atoms with van der Waals surface area (Å²) in [6, 6.07) is 67.9. The van der Waals surface area contributed by atoms with Crippen LogP contribution in [0.2, 0.25) is 0 Å². The molecule has 0 saturated carbocycles. The molecule has 0 fully saturated rings. The van der Waals surface area contributed by atoms with Crippen molar-refractivity contribution in [1.29, 1.82) is 0 Å². The molecular formula is C51H34N2S. The number of para-hydroxylation sites is 2. The molecule has 0 saturated heterocycles. The fourth-order valence-corrected chi connectivity index (χ4v) is 11.0. The zero-order valence-corrected chi connectivity index (χ0v) is 30.4. The van der Waals surface area contributed by atoms with Gasteiger partial charge in [0.15, 0.2) is 0 Å². The third-order valence-corrected chi connectivity index (χ3v) is 13.3. The van der Waals surface area contributed by atoms with Gasteiger partial charge >= 0.3 is 0 Å². The summed E-state index contributed by atoms with van der Waals surface area (Å²) >= 11 is 1.88. The molecule has 254 valence electrons. The third kappa shape index (κ3) is 4.22. The first-order valence-electron chi connectivity index (χ1n) is 18.8. The maximum Gasteiger partial charge on any atom is 0.0542 e. The molecule has 2 aliphatic rings. The van der Waals surface area contributed by atoms with E-state index >= 15 is 0 Å². The Morgan fingerprint density at radius 3 is 1.91 bits per heavy atom. The molecule has 0 bridgehead atoms. The number of benzene rings is 8. The second-order valence-corrected chi connectivity index (χ2v) is 16.1. The van der Waals surface area contributed by atoms with Crippen LogP contribution in [0, 0.1) is 0 Å². The van der Waals surface area contributed by atoms with E-state index < -0.39 is 0 Å². The minimum absolute atomic E-state index is 0.0835. The largest absolute Gasteiger partial charge is 0.310 e. The topological polar surface area (TPSA) is 8.17 Å². The van der Waals surface area contributed by atoms with Gasteiger partial charge in [0, 0.05) is 59.1 Å². The summed E-state index contributed by atoms with van der Waals surface area (Å²) in [6.45, 7) is 0. The molecule has 0 N–H and O–H groups in total. The van der Waals surface area contributed by atoms with Gasteiger partial charge in [-0.25, -0.2) is 0 Å². The molecule has 54 heavy (non-hydrogen) atoms. The monoisotopic (exact) mass is 706 g/mol. The summed E-state index contributed by atoms with van der Waals surface area (Å²) in [6.07, 6.45) is 2.05. The van der Waals surface area contributed by atoms with E-state index in [1.807, 2.05) is 11.3 Å². The molecule has 2 aromatic heterocycles. The molecular weight excluding hydrogens is 673 g/mol. The van der Waals surface area contributed by atoms with Gasteiger partial charge in [0.1, 0.15) is 0 Å². The number of rotatable bonds is 4. The van der Waals surface area contributed by atoms with Gasteiger partial charge in [0.05, 0.1) is 11.0 Å². The predicted molar refractivity (Wildman–Crippen MR) is 228 cm³/mol. The molecule has 10 aromatic rings. The second kappa shape index (κ2) is 11.3. The van der Waals surface area contributed by atoms with Crippen LogP contribution in [0.4, 0.5) is 17.1 Å². The molecule has 0 amide bonds. The summed E-state index contributed by atoms with van der Waals surface area (Å²) in [4.78, 5) is 2.50. The van der Waals surface area contributed by atoms with E-state index in [-0.39, 0.29) is 5.41 Å². The highest BCUT2D eigenvalue weighted by molar-refractivity contribution is 7.25. The Labute approximate surface area is 317 Å². The minimum Gasteiger partial charge on any atom is -0.310 e. The van der Waals surface area contributed by atoms with Crippen molar-refractivity contribution >= 4 is 70.4 Å². The van der Waals surface area contributed by atoms with Crippen LogP contribution >= 0.6 is 11.3 Å². The molecule has 12 rings (SSSR count). The van der Waals surface area contributed by atoms with Crippen LogP contribution in [0.15, 0.2) is 182 Å². The SMILES string of the molecule is c1ccc(-n2c3ccccc3c3cc(N(c4ccc5c(c4)C4(Cc6ccccc6C4)c4ccccc4-5)c4ccc5c(c4)sc4ccccc45)ccc32)cc1. The number of fused-ring (bicyclic) bond motifs is 12. The lowest BCUT2D eigenvalue weighted by Crippen LogP contribution is -2.26. The van der Waals surface area contributed by atoms with Crippen LogP contribution in [-0.4, -0.2) is 4.57 Å². The Balaban J connectivity index is 1.10. The van der Waals surface area contributed by atoms with E-state index in [2.05, 4.69) is 191 Å². The molecule has 0 radical (unpaired) electrons. The van der Waals surface area contributed by atoms with Gasteiger partial charge in [0.25, 0.3) is 0 Å². The first-order valence-corrected chi connectivity index (χ1v) is 19.7. The molecule has 1 spiro atoms. The van der Waals surface area contributed by atoms with Gasteiger partial charge in [-0.3, -0.25) is 0 Å². The molecule has 2 aliphatic carbocycles. The van der Waals surface area contributed by atoms with Gasteiger partial charge in [-0.15, -0.1) is 11.3 Å². The highest BCUT2D eigenvalue weighted by Gasteiger charge is 2.47. The van der Waals surface area contributed by atoms with Crippen molar-refractivity contribution in [2.24, 2.45) is 0 Å². The van der Waals surface area contributed by atoms with Crippen LogP contribution in [-0.2, 0) is 18.3 Å². The molecule has 0 unspecified atom stereocenters. The number of hydrogen-bond acceptors (Lipinski definition) is 2. The highest BCUT2D eigenvalue weighted by atomic mass is 32.1. The van der Waals surface area contributed by atoms with Crippen LogP contribution in [0.25, 0.3) is 58.8 Å². The Bertz CT molecular complexity index is 3100. The Kier molecular flexibility index (Phi) is 6.29. The van der Waals surface area contributed by atoms with E-state index in [1.54, 1.807) is 0 Å². The average Bonchev–Trinajstić information content (AvgIpc) is 3.96. The predicted octanol–water partition coefficient (Wildman–Crippen LogP) is 13.7. The van der Waals surface area contributed by atoms with E-state index in [1.165, 1.54) is 92.4 Å². The maximum atomic E-state index is 2.52. The van der Waals surface area contributed by atoms with E-state index in [4.69, 9.17) is 0 Å². The summed E-state index contributed by atoms with van der Waals surface area (Å²) in [5, 5.41) is 5.14. The second-order valence-electron chi connectivity index (χ2n) is 15.0. The summed E-state index contributed by atoms with van der Waals surface area (Å²) < 4.78 is 5.03. The molecule has 0 aliphatic heterocycles. The van der Waals surface area contributed by atoms with E-state index in [0.717, 1.165) is 18.5 Å². The summed E-state index contributed by atoms with van der Waals surface area (Å²) in [5.41, 5.74) is 15.6. The Hall–Kier alpha value is -6.42. The fraction of sp³-hybridized carbons (Fsp3) is 0.0588. The van der Waals surface area contributed by atoms with E-state index in [9.17, 15) is 0 Å². The molecule has 8 aromatic carbocycles. The Morgan fingerprint density at radius 1 is 0.426 bits per heavy atom. The average molecular weight is 707 g/mol. The molecule has 2 nitrogen and oxygen atoms in total. The summed E-state index contributed by atoms with van der Waals surface area (Å²) in [5.74, 6) is 0. The molecule has 3 heteroatoms. The van der Waals surface area contributed by atoms with Crippen molar-refractivity contribution in [3.63, 3.8) is 0 Å². The fourth-order valence-electron chi connectivity index (χ4n) is 9.83. The van der Waals surface area contributed by atoms with Crippen molar-refractivity contribution in [3.8, 4) is 16.8 Å². The molecule has 2 heterocycles. The highest BCUT2D eigenvalue weighted by Crippen LogP contribution is 2.56. The standard InChI is InChI=1S/C51H34N2S/c1-2-14-35(15-3-1)53-47-20-10-7-17-41(47)44-28-36(24-27-48(44)53)52(38-23-26-43-42-18-8-11-21-49(42)54-50(43)30-38)37-22-25-40-39-16-6-9-19-45(39)51(46(40)29-37)31-33-12-4-5-13-34(33)32-51/h1-30H,31-32H2. The lowest BCUT2D eigenvalue weighted by atomic mass is 9.75. The van der Waals surface area contributed by atoms with Crippen molar-refractivity contribution in [1.82, 2.24) is 4.57 Å². The van der Waals surface area contributed by atoms with Crippen LogP contribution in [0.5, 0.6) is 0 Å². The van der Waals surface area contributed by atoms with Crippen LogP contribution < -0.4 is 4.90 Å². The number of thiophene rings is 1. The number of aromatic nitrogens is 1. The number of anilines is 3. The minimum atomic E-state index is -0.0835. The van der Waals surface area contributed by atoms with Gasteiger partial charge < -0.3 is 9.47 Å². The lowest BCUT2D eigenvalue weighted by Gasteiger charge is -2.30. The van der Waals surface area contributed by atoms with Crippen molar-refractivity contribution in [2.75, 3.05) is 4.90 Å². The first-order chi connectivity index (χ1) is 26.7. The Morgan fingerprint density at radius 2 is 1.04 bits per heavy atom. The van der Waals surface area contributed by atoms with Crippen molar-refractivity contribution < 1.29 is 0 Å². The number of hydrogen-bond donors (Lipinski definition) is 0. The smallest absolute Gasteiger partial charge is 0.0542 e. The zero-order chi connectivity index (χ0) is 35.4. The third-order valence-electron chi connectivity index (χ3n) is 12.2. The van der Waals surface area contributed by atoms with Gasteiger partial charge in [-0.1, -0.05) is 115 Å². The first kappa shape index (κ1) is 30.1. The normalized spacial score (nSPS) is 13.9. The number of nitrogens with zero attached hydrogens (tertiary/aromatic N) is 2. The van der Waals surface area contributed by atoms with Crippen molar-refractivity contribution in [2.45, 2.75) is 18.3 Å². The molecule has 0 atom stereocenters.